The Morgan fingerprint density at radius 1 is 1.47 bits per heavy atom. The fourth-order valence-corrected chi connectivity index (χ4v) is 1.80. The number of benzene rings is 1. The van der Waals surface area contributed by atoms with Crippen molar-refractivity contribution in [1.82, 2.24) is 0 Å². The van der Waals surface area contributed by atoms with Crippen LogP contribution in [0.15, 0.2) is 18.2 Å². The van der Waals surface area contributed by atoms with Crippen LogP contribution in [0.1, 0.15) is 6.92 Å². The molecule has 0 unspecified atom stereocenters. The first kappa shape index (κ1) is 12.1. The normalized spacial score (nSPS) is 10.1. The van der Waals surface area contributed by atoms with Gasteiger partial charge >= 0.3 is 5.97 Å². The number of halogens is 2. The number of carbonyl (C=O) groups is 1. The Bertz CT molecular complexity index is 368. The van der Waals surface area contributed by atoms with Gasteiger partial charge in [-0.15, -0.1) is 0 Å². The van der Waals surface area contributed by atoms with Crippen LogP contribution >= 0.6 is 23.2 Å². The van der Waals surface area contributed by atoms with Crippen LogP contribution < -0.4 is 4.90 Å². The molecule has 3 nitrogen and oxygen atoms in total. The average Bonchev–Trinajstić information content (AvgIpc) is 2.14. The molecule has 1 aromatic rings. The average molecular weight is 248 g/mol. The number of carboxylic acid groups (broad SMARTS) is 1. The minimum atomic E-state index is -0.886. The standard InChI is InChI=1S/C10H11Cl2NO2/c1-2-13(6-10(14)15)9-4-3-7(11)5-8(9)12/h3-5H,2,6H2,1H3,(H,14,15). The molecule has 0 bridgehead atoms. The van der Waals surface area contributed by atoms with Crippen LogP contribution in [-0.2, 0) is 4.79 Å². The van der Waals surface area contributed by atoms with Crippen molar-refractivity contribution in [3.8, 4) is 0 Å². The number of anilines is 1. The van der Waals surface area contributed by atoms with E-state index in [0.717, 1.165) is 0 Å². The monoisotopic (exact) mass is 247 g/mol. The Kier molecular flexibility index (Phi) is 4.24. The highest BCUT2D eigenvalue weighted by atomic mass is 35.5. The Morgan fingerprint density at radius 2 is 2.13 bits per heavy atom. The molecular formula is C10H11Cl2NO2. The Labute approximate surface area is 98.2 Å². The molecule has 0 aliphatic heterocycles. The predicted molar refractivity (Wildman–Crippen MR) is 62.0 cm³/mol. The number of carboxylic acids is 1. The van der Waals surface area contributed by atoms with Gasteiger partial charge in [-0.1, -0.05) is 23.2 Å². The molecule has 0 saturated carbocycles. The van der Waals surface area contributed by atoms with Gasteiger partial charge in [0.25, 0.3) is 0 Å². The first-order valence-electron chi connectivity index (χ1n) is 4.46. The van der Waals surface area contributed by atoms with Crippen molar-refractivity contribution < 1.29 is 9.90 Å². The molecule has 0 saturated heterocycles. The fourth-order valence-electron chi connectivity index (χ4n) is 1.27. The van der Waals surface area contributed by atoms with Crippen molar-refractivity contribution in [2.24, 2.45) is 0 Å². The van der Waals surface area contributed by atoms with Gasteiger partial charge in [0.1, 0.15) is 6.54 Å². The maximum absolute atomic E-state index is 10.6. The van der Waals surface area contributed by atoms with Crippen molar-refractivity contribution in [2.75, 3.05) is 18.0 Å². The largest absolute Gasteiger partial charge is 0.480 e. The molecule has 0 radical (unpaired) electrons. The van der Waals surface area contributed by atoms with Gasteiger partial charge in [-0.25, -0.2) is 0 Å². The number of hydrogen-bond acceptors (Lipinski definition) is 2. The van der Waals surface area contributed by atoms with E-state index in [1.807, 2.05) is 6.92 Å². The van der Waals surface area contributed by atoms with Gasteiger partial charge in [-0.3, -0.25) is 4.79 Å². The lowest BCUT2D eigenvalue weighted by Gasteiger charge is -2.21. The van der Waals surface area contributed by atoms with Gasteiger partial charge in [0.2, 0.25) is 0 Å². The van der Waals surface area contributed by atoms with E-state index in [9.17, 15) is 4.79 Å². The molecule has 1 N–H and O–H groups in total. The number of hydrogen-bond donors (Lipinski definition) is 1. The quantitative estimate of drug-likeness (QED) is 0.890. The van der Waals surface area contributed by atoms with Gasteiger partial charge in [0.15, 0.2) is 0 Å². The summed E-state index contributed by atoms with van der Waals surface area (Å²) in [6.07, 6.45) is 0. The Morgan fingerprint density at radius 3 is 2.60 bits per heavy atom. The molecule has 0 aliphatic carbocycles. The smallest absolute Gasteiger partial charge is 0.323 e. The maximum Gasteiger partial charge on any atom is 0.323 e. The van der Waals surface area contributed by atoms with Crippen molar-refractivity contribution in [3.05, 3.63) is 28.2 Å². The summed E-state index contributed by atoms with van der Waals surface area (Å²) in [5, 5.41) is 9.71. The molecule has 0 aromatic heterocycles. The molecule has 0 atom stereocenters. The Balaban J connectivity index is 2.96. The number of likely N-dealkylation sites (N-methyl/N-ethyl adjacent to an activating group) is 1. The number of nitrogens with zero attached hydrogens (tertiary/aromatic N) is 1. The molecule has 0 aliphatic rings. The molecule has 0 heterocycles. The first-order chi connectivity index (χ1) is 7.04. The van der Waals surface area contributed by atoms with Crippen LogP contribution in [0.5, 0.6) is 0 Å². The summed E-state index contributed by atoms with van der Waals surface area (Å²) >= 11 is 11.7. The van der Waals surface area contributed by atoms with Gasteiger partial charge in [0, 0.05) is 11.6 Å². The summed E-state index contributed by atoms with van der Waals surface area (Å²) in [7, 11) is 0. The molecule has 82 valence electrons. The zero-order valence-electron chi connectivity index (χ0n) is 8.20. The molecular weight excluding hydrogens is 237 g/mol. The zero-order valence-corrected chi connectivity index (χ0v) is 9.72. The highest BCUT2D eigenvalue weighted by Gasteiger charge is 2.11. The zero-order chi connectivity index (χ0) is 11.4. The van der Waals surface area contributed by atoms with Gasteiger partial charge < -0.3 is 10.0 Å². The number of rotatable bonds is 4. The van der Waals surface area contributed by atoms with Crippen LogP contribution in [0.3, 0.4) is 0 Å². The van der Waals surface area contributed by atoms with E-state index < -0.39 is 5.97 Å². The van der Waals surface area contributed by atoms with E-state index in [4.69, 9.17) is 28.3 Å². The lowest BCUT2D eigenvalue weighted by atomic mass is 10.3. The predicted octanol–water partition coefficient (Wildman–Crippen LogP) is 2.90. The summed E-state index contributed by atoms with van der Waals surface area (Å²) in [4.78, 5) is 12.3. The van der Waals surface area contributed by atoms with Crippen molar-refractivity contribution >= 4 is 34.9 Å². The second kappa shape index (κ2) is 5.24. The minimum Gasteiger partial charge on any atom is -0.480 e. The molecule has 0 spiro atoms. The molecule has 15 heavy (non-hydrogen) atoms. The third-order valence-corrected chi connectivity index (χ3v) is 2.50. The second-order valence-corrected chi connectivity index (χ2v) is 3.85. The highest BCUT2D eigenvalue weighted by Crippen LogP contribution is 2.28. The summed E-state index contributed by atoms with van der Waals surface area (Å²) in [5.74, 6) is -0.886. The molecule has 0 fully saturated rings. The van der Waals surface area contributed by atoms with Gasteiger partial charge in [0.05, 0.1) is 10.7 Å². The fraction of sp³-hybridized carbons (Fsp3) is 0.300. The summed E-state index contributed by atoms with van der Waals surface area (Å²) in [6.45, 7) is 2.37. The molecule has 5 heteroatoms. The third-order valence-electron chi connectivity index (χ3n) is 1.96. The van der Waals surface area contributed by atoms with E-state index >= 15 is 0 Å². The lowest BCUT2D eigenvalue weighted by molar-refractivity contribution is -0.135. The first-order valence-corrected chi connectivity index (χ1v) is 5.22. The van der Waals surface area contributed by atoms with E-state index in [0.29, 0.717) is 22.3 Å². The van der Waals surface area contributed by atoms with Gasteiger partial charge in [-0.2, -0.15) is 0 Å². The second-order valence-electron chi connectivity index (χ2n) is 3.00. The molecule has 1 aromatic carbocycles. The third kappa shape index (κ3) is 3.29. The molecule has 1 rings (SSSR count). The van der Waals surface area contributed by atoms with Crippen LogP contribution in [0.25, 0.3) is 0 Å². The summed E-state index contributed by atoms with van der Waals surface area (Å²) in [5.41, 5.74) is 0.686. The van der Waals surface area contributed by atoms with E-state index in [-0.39, 0.29) is 6.54 Å². The molecule has 0 amide bonds. The highest BCUT2D eigenvalue weighted by molar-refractivity contribution is 6.36. The summed E-state index contributed by atoms with van der Waals surface area (Å²) in [6, 6.07) is 5.01. The van der Waals surface area contributed by atoms with Crippen LogP contribution in [0, 0.1) is 0 Å². The van der Waals surface area contributed by atoms with Gasteiger partial charge in [-0.05, 0) is 25.1 Å². The van der Waals surface area contributed by atoms with E-state index in [2.05, 4.69) is 0 Å². The van der Waals surface area contributed by atoms with Crippen molar-refractivity contribution in [1.29, 1.82) is 0 Å². The van der Waals surface area contributed by atoms with Crippen molar-refractivity contribution in [2.45, 2.75) is 6.92 Å². The van der Waals surface area contributed by atoms with E-state index in [1.54, 1.807) is 23.1 Å². The van der Waals surface area contributed by atoms with Crippen LogP contribution in [-0.4, -0.2) is 24.2 Å². The topological polar surface area (TPSA) is 40.5 Å². The van der Waals surface area contributed by atoms with Crippen LogP contribution in [0.4, 0.5) is 5.69 Å². The Hall–Kier alpha value is -0.930. The number of aliphatic carboxylic acids is 1. The van der Waals surface area contributed by atoms with E-state index in [1.165, 1.54) is 0 Å². The minimum absolute atomic E-state index is 0.0716. The lowest BCUT2D eigenvalue weighted by Crippen LogP contribution is -2.29. The van der Waals surface area contributed by atoms with Crippen LogP contribution in [0.2, 0.25) is 10.0 Å². The maximum atomic E-state index is 10.6. The van der Waals surface area contributed by atoms with Crippen molar-refractivity contribution in [3.63, 3.8) is 0 Å². The SMILES string of the molecule is CCN(CC(=O)O)c1ccc(Cl)cc1Cl. The summed E-state index contributed by atoms with van der Waals surface area (Å²) < 4.78 is 0.